The number of carbonyl (C=O) groups is 1. The van der Waals surface area contributed by atoms with Crippen LogP contribution in [0.4, 0.5) is 29.1 Å². The lowest BCUT2D eigenvalue weighted by molar-refractivity contribution is -0.139. The molecule has 0 bridgehead atoms. The third kappa shape index (κ3) is 4.05. The van der Waals surface area contributed by atoms with E-state index < -0.39 is 23.1 Å². The molecule has 3 heterocycles. The first kappa shape index (κ1) is 23.0. The van der Waals surface area contributed by atoms with E-state index in [1.807, 2.05) is 0 Å². The molecule has 4 aromatic rings. The molecule has 9 nitrogen and oxygen atoms in total. The Morgan fingerprint density at radius 1 is 1.31 bits per heavy atom. The van der Waals surface area contributed by atoms with Crippen LogP contribution in [0.3, 0.4) is 0 Å². The van der Waals surface area contributed by atoms with E-state index in [0.717, 1.165) is 0 Å². The number of alkyl halides is 3. The average molecular weight is 491 g/mol. The Kier molecular flexibility index (Phi) is 5.38. The number of hydrogen-bond donors (Lipinski definition) is 4. The second-order valence-corrected chi connectivity index (χ2v) is 8.83. The summed E-state index contributed by atoms with van der Waals surface area (Å²) in [4.78, 5) is 20.6. The number of aliphatic hydroxyl groups excluding tert-OH is 1. The molecule has 0 aliphatic heterocycles. The lowest BCUT2D eigenvalue weighted by Gasteiger charge is -2.20. The van der Waals surface area contributed by atoms with E-state index in [2.05, 4.69) is 30.8 Å². The number of hydrogen-bond acceptors (Lipinski definition) is 6. The molecule has 1 aliphatic carbocycles. The molecule has 0 radical (unpaired) electrons. The fourth-order valence-corrected chi connectivity index (χ4v) is 4.18. The minimum absolute atomic E-state index is 0.0474. The van der Waals surface area contributed by atoms with Crippen molar-refractivity contribution in [2.75, 3.05) is 17.2 Å². The molecular weight excluding hydrogens is 470 g/mol. The summed E-state index contributed by atoms with van der Waals surface area (Å²) in [7, 11) is 0. The normalized spacial score (nSPS) is 17.9. The summed E-state index contributed by atoms with van der Waals surface area (Å²) in [6.07, 6.45) is 0.718. The number of imidazole rings is 1. The summed E-state index contributed by atoms with van der Waals surface area (Å²) in [5.41, 5.74) is -2.03. The molecule has 0 saturated heterocycles. The van der Waals surface area contributed by atoms with Crippen molar-refractivity contribution in [3.63, 3.8) is 0 Å². The topological polar surface area (TPSA) is 120 Å². The molecule has 1 saturated carbocycles. The van der Waals surface area contributed by atoms with Gasteiger partial charge < -0.3 is 20.1 Å². The van der Waals surface area contributed by atoms with Gasteiger partial charge in [0.15, 0.2) is 17.3 Å². The van der Waals surface area contributed by atoms with Gasteiger partial charge in [0.05, 0.1) is 35.5 Å². The Labute approximate surface area is 195 Å². The van der Waals surface area contributed by atoms with E-state index in [1.54, 1.807) is 13.8 Å². The molecule has 4 N–H and O–H groups in total. The molecular formula is C22H21F4N7O2. The number of rotatable bonds is 6. The van der Waals surface area contributed by atoms with Gasteiger partial charge in [-0.3, -0.25) is 14.9 Å². The van der Waals surface area contributed by atoms with Gasteiger partial charge in [-0.05, 0) is 26.2 Å². The number of nitrogens with zero attached hydrogens (tertiary/aromatic N) is 4. The Balaban J connectivity index is 1.61. The predicted molar refractivity (Wildman–Crippen MR) is 119 cm³/mol. The second-order valence-electron chi connectivity index (χ2n) is 8.83. The van der Waals surface area contributed by atoms with E-state index >= 15 is 4.39 Å². The SMILES string of the molecule is CC(C)Nc1c(F)c(C(F)(F)F)c(-c2cn3cc(NC(=O)[C@@H]4C[C@@H]4CO)nc3cn2)c2cn[nH]c12. The van der Waals surface area contributed by atoms with E-state index in [1.165, 1.54) is 29.2 Å². The first-order chi connectivity index (χ1) is 16.6. The number of amides is 1. The number of carbonyl (C=O) groups excluding carboxylic acids is 1. The molecule has 1 amide bonds. The van der Waals surface area contributed by atoms with Crippen LogP contribution in [0.25, 0.3) is 27.8 Å². The number of aromatic amines is 1. The Morgan fingerprint density at radius 2 is 2.09 bits per heavy atom. The van der Waals surface area contributed by atoms with Crippen LogP contribution in [-0.4, -0.2) is 48.2 Å². The maximum absolute atomic E-state index is 15.3. The zero-order valence-electron chi connectivity index (χ0n) is 18.6. The van der Waals surface area contributed by atoms with Crippen LogP contribution in [-0.2, 0) is 11.0 Å². The van der Waals surface area contributed by atoms with Gasteiger partial charge in [0.1, 0.15) is 5.56 Å². The van der Waals surface area contributed by atoms with Gasteiger partial charge in [0, 0.05) is 35.7 Å². The van der Waals surface area contributed by atoms with Gasteiger partial charge in [0.25, 0.3) is 0 Å². The maximum atomic E-state index is 15.3. The maximum Gasteiger partial charge on any atom is 0.419 e. The molecule has 0 spiro atoms. The molecule has 1 fully saturated rings. The highest BCUT2D eigenvalue weighted by atomic mass is 19.4. The zero-order valence-corrected chi connectivity index (χ0v) is 18.6. The van der Waals surface area contributed by atoms with Crippen LogP contribution >= 0.6 is 0 Å². The molecule has 13 heteroatoms. The molecule has 2 atom stereocenters. The smallest absolute Gasteiger partial charge is 0.396 e. The van der Waals surface area contributed by atoms with Crippen LogP contribution in [0.2, 0.25) is 0 Å². The van der Waals surface area contributed by atoms with Crippen LogP contribution in [0.5, 0.6) is 0 Å². The number of fused-ring (bicyclic) bond motifs is 2. The lowest BCUT2D eigenvalue weighted by Crippen LogP contribution is -2.17. The predicted octanol–water partition coefficient (Wildman–Crippen LogP) is 3.82. The standard InChI is InChI=1S/C22H21F4N7O2/c1-9(2)29-20-18(23)17(22(24,25)26)16(12-4-28-32-19(12)20)13-6-33-7-14(30-15(33)5-27-13)31-21(35)11-3-10(11)8-34/h4-7,9-11,29,34H,3,8H2,1-2H3,(H,28,32)(H,31,35)/t10-,11-/m1/s1. The first-order valence-electron chi connectivity index (χ1n) is 10.9. The molecule has 1 aliphatic rings. The van der Waals surface area contributed by atoms with Crippen molar-refractivity contribution in [1.29, 1.82) is 0 Å². The molecule has 184 valence electrons. The molecule has 5 rings (SSSR count). The van der Waals surface area contributed by atoms with Gasteiger partial charge in [-0.2, -0.15) is 18.3 Å². The summed E-state index contributed by atoms with van der Waals surface area (Å²) in [5.74, 6) is -1.95. The van der Waals surface area contributed by atoms with Crippen molar-refractivity contribution >= 4 is 34.0 Å². The van der Waals surface area contributed by atoms with Crippen molar-refractivity contribution < 1.29 is 27.5 Å². The Bertz CT molecular complexity index is 1440. The fourth-order valence-electron chi connectivity index (χ4n) is 4.18. The fraction of sp³-hybridized carbons (Fsp3) is 0.364. The van der Waals surface area contributed by atoms with Crippen molar-refractivity contribution in [1.82, 2.24) is 24.6 Å². The summed E-state index contributed by atoms with van der Waals surface area (Å²) < 4.78 is 59.2. The minimum Gasteiger partial charge on any atom is -0.396 e. The van der Waals surface area contributed by atoms with Crippen LogP contribution in [0, 0.1) is 17.7 Å². The molecule has 35 heavy (non-hydrogen) atoms. The number of halogens is 4. The van der Waals surface area contributed by atoms with E-state index in [0.29, 0.717) is 6.42 Å². The van der Waals surface area contributed by atoms with Gasteiger partial charge in [-0.1, -0.05) is 0 Å². The van der Waals surface area contributed by atoms with Crippen molar-refractivity contribution in [2.24, 2.45) is 11.8 Å². The Morgan fingerprint density at radius 3 is 2.74 bits per heavy atom. The van der Waals surface area contributed by atoms with Crippen molar-refractivity contribution in [2.45, 2.75) is 32.5 Å². The van der Waals surface area contributed by atoms with Crippen molar-refractivity contribution in [3.05, 3.63) is 36.2 Å². The minimum atomic E-state index is -5.02. The molecule has 0 unspecified atom stereocenters. The van der Waals surface area contributed by atoms with Gasteiger partial charge >= 0.3 is 6.18 Å². The third-order valence-corrected chi connectivity index (χ3v) is 5.91. The zero-order chi connectivity index (χ0) is 25.1. The first-order valence-corrected chi connectivity index (χ1v) is 10.9. The van der Waals surface area contributed by atoms with Crippen LogP contribution < -0.4 is 10.6 Å². The summed E-state index contributed by atoms with van der Waals surface area (Å²) in [5, 5.41) is 21.0. The largest absolute Gasteiger partial charge is 0.419 e. The number of aromatic nitrogens is 5. The van der Waals surface area contributed by atoms with Gasteiger partial charge in [0.2, 0.25) is 5.91 Å². The van der Waals surface area contributed by atoms with Crippen LogP contribution in [0.15, 0.2) is 24.8 Å². The second kappa shape index (κ2) is 8.18. The average Bonchev–Trinajstić information content (AvgIpc) is 3.23. The summed E-state index contributed by atoms with van der Waals surface area (Å²) in [6.45, 7) is 3.28. The number of H-pyrrole nitrogens is 1. The third-order valence-electron chi connectivity index (χ3n) is 5.91. The quantitative estimate of drug-likeness (QED) is 0.305. The Hall–Kier alpha value is -3.74. The van der Waals surface area contributed by atoms with Gasteiger partial charge in [-0.25, -0.2) is 9.37 Å². The van der Waals surface area contributed by atoms with E-state index in [9.17, 15) is 18.0 Å². The monoisotopic (exact) mass is 491 g/mol. The highest BCUT2D eigenvalue weighted by Gasteiger charge is 2.43. The number of nitrogens with one attached hydrogen (secondary N) is 3. The lowest BCUT2D eigenvalue weighted by atomic mass is 9.97. The van der Waals surface area contributed by atoms with E-state index in [4.69, 9.17) is 5.11 Å². The molecule has 1 aromatic carbocycles. The van der Waals surface area contributed by atoms with Gasteiger partial charge in [-0.15, -0.1) is 0 Å². The summed E-state index contributed by atoms with van der Waals surface area (Å²) in [6, 6.07) is -0.333. The van der Waals surface area contributed by atoms with E-state index in [-0.39, 0.29) is 64.1 Å². The number of benzene rings is 1. The van der Waals surface area contributed by atoms with Crippen molar-refractivity contribution in [3.8, 4) is 11.3 Å². The highest BCUT2D eigenvalue weighted by molar-refractivity contribution is 6.02. The summed E-state index contributed by atoms with van der Waals surface area (Å²) >= 11 is 0. The molecule has 3 aromatic heterocycles. The number of anilines is 2. The highest BCUT2D eigenvalue weighted by Crippen LogP contribution is 2.45. The number of aliphatic hydroxyl groups is 1. The van der Waals surface area contributed by atoms with Crippen LogP contribution in [0.1, 0.15) is 25.8 Å².